The monoisotopic (exact) mass is 642 g/mol. The number of benzene rings is 3. The van der Waals surface area contributed by atoms with Crippen molar-refractivity contribution in [2.24, 2.45) is 7.05 Å². The number of fused-ring (bicyclic) bond motifs is 2. The Balaban J connectivity index is 1.20. The Labute approximate surface area is 264 Å². The fourth-order valence-electron chi connectivity index (χ4n) is 5.57. The standard InChI is InChI=1S/C34H37F3N2O7/c1-19-20(2)31-25(21(3)30(19)40)12-13-33(4,46-31)17-44-24-10-11-26-27(15-24)39(5)29(38-26)16-43-23-8-6-22(7-9-23)14-28(32(41)42)45-18-34(35,36)37/h6-11,15,28,40H,12-14,16-18H2,1-5H3,(H,41,42). The first-order valence-electron chi connectivity index (χ1n) is 14.9. The highest BCUT2D eigenvalue weighted by molar-refractivity contribution is 5.77. The zero-order valence-corrected chi connectivity index (χ0v) is 26.3. The van der Waals surface area contributed by atoms with E-state index in [0.717, 1.165) is 51.9 Å². The first kappa shape index (κ1) is 32.9. The van der Waals surface area contributed by atoms with Crippen molar-refractivity contribution in [2.45, 2.75) is 71.4 Å². The summed E-state index contributed by atoms with van der Waals surface area (Å²) in [6, 6.07) is 12.1. The van der Waals surface area contributed by atoms with Crippen molar-refractivity contribution >= 4 is 17.0 Å². The van der Waals surface area contributed by atoms with Crippen LogP contribution in [-0.2, 0) is 36.0 Å². The van der Waals surface area contributed by atoms with Gasteiger partial charge in [-0.15, -0.1) is 0 Å². The molecule has 46 heavy (non-hydrogen) atoms. The summed E-state index contributed by atoms with van der Waals surface area (Å²) in [5.74, 6) is 1.50. The van der Waals surface area contributed by atoms with Gasteiger partial charge in [-0.25, -0.2) is 9.78 Å². The van der Waals surface area contributed by atoms with Gasteiger partial charge in [0.15, 0.2) is 6.10 Å². The Hall–Kier alpha value is -4.45. The lowest BCUT2D eigenvalue weighted by atomic mass is 9.87. The van der Waals surface area contributed by atoms with Crippen LogP contribution < -0.4 is 14.2 Å². The Morgan fingerprint density at radius 3 is 2.43 bits per heavy atom. The molecule has 5 rings (SSSR count). The maximum atomic E-state index is 12.5. The zero-order valence-electron chi connectivity index (χ0n) is 26.3. The van der Waals surface area contributed by atoms with Gasteiger partial charge in [0.1, 0.15) is 54.2 Å². The smallest absolute Gasteiger partial charge is 0.411 e. The van der Waals surface area contributed by atoms with Crippen molar-refractivity contribution in [1.82, 2.24) is 9.55 Å². The lowest BCUT2D eigenvalue weighted by Crippen LogP contribution is -2.42. The number of rotatable bonds is 11. The summed E-state index contributed by atoms with van der Waals surface area (Å²) in [7, 11) is 1.87. The third kappa shape index (κ3) is 7.17. The number of aromatic hydroxyl groups is 1. The molecule has 3 aromatic carbocycles. The van der Waals surface area contributed by atoms with E-state index in [1.54, 1.807) is 24.3 Å². The molecule has 2 unspecified atom stereocenters. The second-order valence-corrected chi connectivity index (χ2v) is 12.0. The first-order chi connectivity index (χ1) is 21.6. The molecule has 4 aromatic rings. The van der Waals surface area contributed by atoms with Gasteiger partial charge in [-0.1, -0.05) is 12.1 Å². The van der Waals surface area contributed by atoms with E-state index in [4.69, 9.17) is 14.2 Å². The van der Waals surface area contributed by atoms with Crippen LogP contribution >= 0.6 is 0 Å². The third-order valence-corrected chi connectivity index (χ3v) is 8.52. The predicted molar refractivity (Wildman–Crippen MR) is 164 cm³/mol. The molecule has 0 aliphatic carbocycles. The van der Waals surface area contributed by atoms with Gasteiger partial charge in [-0.05, 0) is 87.1 Å². The number of aryl methyl sites for hydroxylation is 1. The highest BCUT2D eigenvalue weighted by Crippen LogP contribution is 2.43. The van der Waals surface area contributed by atoms with E-state index in [1.165, 1.54) is 0 Å². The number of hydrogen-bond donors (Lipinski definition) is 2. The van der Waals surface area contributed by atoms with Crippen molar-refractivity contribution in [3.8, 4) is 23.0 Å². The molecular weight excluding hydrogens is 605 g/mol. The van der Waals surface area contributed by atoms with Crippen LogP contribution in [0.15, 0.2) is 42.5 Å². The summed E-state index contributed by atoms with van der Waals surface area (Å²) < 4.78 is 62.4. The van der Waals surface area contributed by atoms with Crippen molar-refractivity contribution < 1.29 is 47.1 Å². The topological polar surface area (TPSA) is 112 Å². The quantitative estimate of drug-likeness (QED) is 0.190. The van der Waals surface area contributed by atoms with E-state index >= 15 is 0 Å². The average Bonchev–Trinajstić information content (AvgIpc) is 3.33. The Morgan fingerprint density at radius 1 is 1.07 bits per heavy atom. The number of alkyl halides is 3. The second-order valence-electron chi connectivity index (χ2n) is 12.0. The summed E-state index contributed by atoms with van der Waals surface area (Å²) >= 11 is 0. The number of halogens is 3. The summed E-state index contributed by atoms with van der Waals surface area (Å²) in [5, 5.41) is 19.7. The van der Waals surface area contributed by atoms with Crippen LogP contribution in [0.4, 0.5) is 13.2 Å². The predicted octanol–water partition coefficient (Wildman–Crippen LogP) is 6.52. The van der Waals surface area contributed by atoms with Crippen LogP contribution in [0.25, 0.3) is 11.0 Å². The molecule has 1 aliphatic heterocycles. The van der Waals surface area contributed by atoms with Crippen LogP contribution in [0.5, 0.6) is 23.0 Å². The molecule has 1 aromatic heterocycles. The van der Waals surface area contributed by atoms with E-state index in [1.807, 2.05) is 57.5 Å². The molecule has 0 bridgehead atoms. The molecule has 0 saturated carbocycles. The molecule has 1 aliphatic rings. The van der Waals surface area contributed by atoms with Gasteiger partial charge >= 0.3 is 12.1 Å². The lowest BCUT2D eigenvalue weighted by molar-refractivity contribution is -0.192. The Kier molecular flexibility index (Phi) is 9.12. The molecule has 0 saturated heterocycles. The van der Waals surface area contributed by atoms with Crippen LogP contribution in [0.1, 0.15) is 47.0 Å². The maximum Gasteiger partial charge on any atom is 0.411 e. The Morgan fingerprint density at radius 2 is 1.76 bits per heavy atom. The number of phenols is 1. The fraction of sp³-hybridized carbons (Fsp3) is 0.412. The van der Waals surface area contributed by atoms with Gasteiger partial charge in [-0.3, -0.25) is 0 Å². The van der Waals surface area contributed by atoms with E-state index in [2.05, 4.69) is 9.72 Å². The SMILES string of the molecule is Cc1c(C)c2c(c(C)c1O)CCC(C)(COc1ccc3nc(COc4ccc(CC(OCC(F)(F)F)C(=O)O)cc4)n(C)c3c1)O2. The zero-order chi connectivity index (χ0) is 33.4. The minimum Gasteiger partial charge on any atom is -0.507 e. The number of hydrogen-bond acceptors (Lipinski definition) is 7. The van der Waals surface area contributed by atoms with Crippen molar-refractivity contribution in [3.63, 3.8) is 0 Å². The van der Waals surface area contributed by atoms with Crippen LogP contribution in [0.3, 0.4) is 0 Å². The number of imidazole rings is 1. The minimum atomic E-state index is -4.61. The maximum absolute atomic E-state index is 12.5. The molecule has 12 heteroatoms. The number of aliphatic carboxylic acids is 1. The number of phenolic OH excluding ortho intramolecular Hbond substituents is 1. The molecule has 0 amide bonds. The number of nitrogens with zero attached hydrogens (tertiary/aromatic N) is 2. The molecule has 2 N–H and O–H groups in total. The fourth-order valence-corrected chi connectivity index (χ4v) is 5.57. The molecular formula is C34H37F3N2O7. The van der Waals surface area contributed by atoms with Gasteiger partial charge in [0.25, 0.3) is 0 Å². The third-order valence-electron chi connectivity index (χ3n) is 8.52. The molecule has 0 fully saturated rings. The van der Waals surface area contributed by atoms with Gasteiger partial charge in [0.2, 0.25) is 0 Å². The summed E-state index contributed by atoms with van der Waals surface area (Å²) in [6.45, 7) is 6.66. The second kappa shape index (κ2) is 12.7. The van der Waals surface area contributed by atoms with Gasteiger partial charge in [0, 0.05) is 25.1 Å². The first-order valence-corrected chi connectivity index (χ1v) is 14.9. The van der Waals surface area contributed by atoms with Crippen LogP contribution in [0.2, 0.25) is 0 Å². The van der Waals surface area contributed by atoms with Gasteiger partial charge in [-0.2, -0.15) is 13.2 Å². The normalized spacial score (nSPS) is 17.0. The number of ether oxygens (including phenoxy) is 4. The largest absolute Gasteiger partial charge is 0.507 e. The number of carboxylic acids is 1. The molecule has 2 heterocycles. The molecule has 246 valence electrons. The lowest BCUT2D eigenvalue weighted by Gasteiger charge is -2.37. The molecule has 9 nitrogen and oxygen atoms in total. The van der Waals surface area contributed by atoms with Crippen molar-refractivity contribution in [2.75, 3.05) is 13.2 Å². The summed E-state index contributed by atoms with van der Waals surface area (Å²) in [4.78, 5) is 16.0. The minimum absolute atomic E-state index is 0.145. The van der Waals surface area contributed by atoms with E-state index in [9.17, 15) is 28.2 Å². The van der Waals surface area contributed by atoms with Gasteiger partial charge in [0.05, 0.1) is 11.0 Å². The molecule has 0 radical (unpaired) electrons. The number of carbonyl (C=O) groups is 1. The summed E-state index contributed by atoms with van der Waals surface area (Å²) in [6.07, 6.45) is -4.93. The van der Waals surface area contributed by atoms with Gasteiger partial charge < -0.3 is 33.7 Å². The summed E-state index contributed by atoms with van der Waals surface area (Å²) in [5.41, 5.74) is 5.22. The highest BCUT2D eigenvalue weighted by Gasteiger charge is 2.35. The van der Waals surface area contributed by atoms with E-state index in [-0.39, 0.29) is 13.0 Å². The molecule has 0 spiro atoms. The van der Waals surface area contributed by atoms with E-state index in [0.29, 0.717) is 35.2 Å². The van der Waals surface area contributed by atoms with Crippen molar-refractivity contribution in [3.05, 3.63) is 76.1 Å². The van der Waals surface area contributed by atoms with Crippen LogP contribution in [0, 0.1) is 20.8 Å². The van der Waals surface area contributed by atoms with Crippen LogP contribution in [-0.4, -0.2) is 56.8 Å². The Bertz CT molecular complexity index is 1750. The van der Waals surface area contributed by atoms with E-state index < -0.39 is 30.5 Å². The average molecular weight is 643 g/mol. The number of carboxylic acid groups (broad SMARTS) is 1. The molecule has 2 atom stereocenters. The number of aromatic nitrogens is 2. The van der Waals surface area contributed by atoms with Crippen molar-refractivity contribution in [1.29, 1.82) is 0 Å². The highest BCUT2D eigenvalue weighted by atomic mass is 19.4.